The summed E-state index contributed by atoms with van der Waals surface area (Å²) in [7, 11) is 0. The Morgan fingerprint density at radius 1 is 0.284 bits per heavy atom. The Balaban J connectivity index is 3.31. The van der Waals surface area contributed by atoms with Gasteiger partial charge in [-0.15, -0.1) is 0 Å². The van der Waals surface area contributed by atoms with E-state index in [0.29, 0.717) is 25.9 Å². The van der Waals surface area contributed by atoms with Crippen LogP contribution in [0.3, 0.4) is 0 Å². The molecule has 0 aliphatic carbocycles. The lowest BCUT2D eigenvalue weighted by atomic mass is 10.0. The predicted octanol–water partition coefficient (Wildman–Crippen LogP) is 29.8. The molecule has 0 saturated heterocycles. The van der Waals surface area contributed by atoms with Crippen LogP contribution in [0.4, 0.5) is 0 Å². The van der Waals surface area contributed by atoms with Crippen LogP contribution in [0.2, 0.25) is 0 Å². The van der Waals surface area contributed by atoms with E-state index in [1.807, 2.05) is 0 Å². The Kier molecular flexibility index (Phi) is 83.8. The number of amides is 1. The zero-order chi connectivity index (χ0) is 68.4. The number of carbonyl (C=O) groups is 2. The fourth-order valence-electron chi connectivity index (χ4n) is 14.6. The molecule has 0 aromatic rings. The highest BCUT2D eigenvalue weighted by atomic mass is 16.5. The van der Waals surface area contributed by atoms with Crippen LogP contribution in [-0.4, -0.2) is 47.4 Å². The minimum absolute atomic E-state index is 0.0244. The molecule has 0 aromatic heterocycles. The minimum atomic E-state index is -0.662. The van der Waals surface area contributed by atoms with Crippen LogP contribution in [0.15, 0.2) is 12.2 Å². The van der Waals surface area contributed by atoms with Crippen LogP contribution in [-0.2, 0) is 14.3 Å². The van der Waals surface area contributed by atoms with E-state index in [1.165, 1.54) is 449 Å². The Hall–Kier alpha value is -1.40. The van der Waals surface area contributed by atoms with E-state index in [0.717, 1.165) is 38.5 Å². The van der Waals surface area contributed by atoms with Gasteiger partial charge in [-0.1, -0.05) is 469 Å². The molecule has 0 spiro atoms. The summed E-state index contributed by atoms with van der Waals surface area (Å²) in [5.74, 6) is 0.00398. The zero-order valence-electron chi connectivity index (χ0n) is 65.2. The van der Waals surface area contributed by atoms with Crippen molar-refractivity contribution >= 4 is 11.9 Å². The van der Waals surface area contributed by atoms with Crippen LogP contribution in [0, 0.1) is 0 Å². The Morgan fingerprint density at radius 2 is 0.495 bits per heavy atom. The first-order chi connectivity index (χ1) is 47.0. The van der Waals surface area contributed by atoms with Crippen LogP contribution in [0.1, 0.15) is 521 Å². The first-order valence-electron chi connectivity index (χ1n) is 44.4. The number of nitrogens with one attached hydrogen (secondary N) is 1. The third kappa shape index (κ3) is 81.5. The minimum Gasteiger partial charge on any atom is -0.466 e. The van der Waals surface area contributed by atoms with Gasteiger partial charge in [-0.05, 0) is 51.4 Å². The number of hydrogen-bond acceptors (Lipinski definition) is 5. The van der Waals surface area contributed by atoms with Crippen molar-refractivity contribution in [2.75, 3.05) is 13.2 Å². The molecule has 2 unspecified atom stereocenters. The van der Waals surface area contributed by atoms with Crippen molar-refractivity contribution in [2.24, 2.45) is 0 Å². The molecule has 0 aliphatic rings. The molecule has 0 aliphatic heterocycles. The van der Waals surface area contributed by atoms with Crippen molar-refractivity contribution in [1.29, 1.82) is 0 Å². The topological polar surface area (TPSA) is 95.9 Å². The van der Waals surface area contributed by atoms with Gasteiger partial charge in [0.05, 0.1) is 25.4 Å². The monoisotopic (exact) mass is 1340 g/mol. The van der Waals surface area contributed by atoms with Gasteiger partial charge in [0.2, 0.25) is 5.91 Å². The molecule has 95 heavy (non-hydrogen) atoms. The second-order valence-electron chi connectivity index (χ2n) is 30.9. The largest absolute Gasteiger partial charge is 0.466 e. The molecule has 0 saturated carbocycles. The number of hydrogen-bond donors (Lipinski definition) is 3. The fraction of sp³-hybridized carbons (Fsp3) is 0.955. The van der Waals surface area contributed by atoms with Gasteiger partial charge in [0.1, 0.15) is 0 Å². The fourth-order valence-corrected chi connectivity index (χ4v) is 14.6. The molecule has 566 valence electrons. The highest BCUT2D eigenvalue weighted by Crippen LogP contribution is 2.21. The van der Waals surface area contributed by atoms with Gasteiger partial charge >= 0.3 is 5.97 Å². The molecule has 3 N–H and O–H groups in total. The normalized spacial score (nSPS) is 12.4. The maximum Gasteiger partial charge on any atom is 0.305 e. The summed E-state index contributed by atoms with van der Waals surface area (Å²) < 4.78 is 5.52. The van der Waals surface area contributed by atoms with Crippen LogP contribution in [0.25, 0.3) is 0 Å². The van der Waals surface area contributed by atoms with Gasteiger partial charge < -0.3 is 20.3 Å². The summed E-state index contributed by atoms with van der Waals surface area (Å²) in [4.78, 5) is 24.7. The molecular formula is C89H175NO5. The molecule has 0 fully saturated rings. The molecule has 0 radical (unpaired) electrons. The number of ether oxygens (including phenoxy) is 1. The lowest BCUT2D eigenvalue weighted by Gasteiger charge is -2.22. The smallest absolute Gasteiger partial charge is 0.305 e. The van der Waals surface area contributed by atoms with E-state index >= 15 is 0 Å². The van der Waals surface area contributed by atoms with E-state index < -0.39 is 12.1 Å². The van der Waals surface area contributed by atoms with E-state index in [1.54, 1.807) is 0 Å². The van der Waals surface area contributed by atoms with Gasteiger partial charge in [0, 0.05) is 12.8 Å². The summed E-state index contributed by atoms with van der Waals surface area (Å²) >= 11 is 0. The quantitative estimate of drug-likeness (QED) is 0.0320. The molecule has 6 heteroatoms. The lowest BCUT2D eigenvalue weighted by molar-refractivity contribution is -0.143. The van der Waals surface area contributed by atoms with Crippen molar-refractivity contribution in [1.82, 2.24) is 5.32 Å². The van der Waals surface area contributed by atoms with E-state index in [-0.39, 0.29) is 18.5 Å². The Labute approximate surface area is 597 Å². The highest BCUT2D eigenvalue weighted by Gasteiger charge is 2.20. The van der Waals surface area contributed by atoms with Crippen LogP contribution < -0.4 is 5.32 Å². The number of carbonyl (C=O) groups excluding carboxylic acids is 2. The van der Waals surface area contributed by atoms with Crippen molar-refractivity contribution in [3.05, 3.63) is 12.2 Å². The van der Waals surface area contributed by atoms with Gasteiger partial charge in [-0.2, -0.15) is 0 Å². The first kappa shape index (κ1) is 93.6. The van der Waals surface area contributed by atoms with Crippen molar-refractivity contribution in [2.45, 2.75) is 533 Å². The van der Waals surface area contributed by atoms with Crippen molar-refractivity contribution in [3.63, 3.8) is 0 Å². The summed E-state index contributed by atoms with van der Waals surface area (Å²) in [5.41, 5.74) is 0. The number of allylic oxidation sites excluding steroid dienone is 2. The molecule has 6 nitrogen and oxygen atoms in total. The SMILES string of the molecule is CCCCCCCCCCCCCCCCCCCCCCCC(O)C(CO)NC(=O)CCCCCCCCCCCCCCCCCCC/C=C\CCCCCCCCCCCCCCCCCCCCOC(=O)CCCCCCCCCCCCCCCCCCCC. The van der Waals surface area contributed by atoms with Gasteiger partial charge in [0.15, 0.2) is 0 Å². The van der Waals surface area contributed by atoms with Crippen molar-refractivity contribution < 1.29 is 24.5 Å². The molecule has 0 aromatic carbocycles. The number of aliphatic hydroxyl groups excluding tert-OH is 2. The van der Waals surface area contributed by atoms with Gasteiger partial charge in [-0.3, -0.25) is 9.59 Å². The predicted molar refractivity (Wildman–Crippen MR) is 421 cm³/mol. The molecule has 0 bridgehead atoms. The number of aliphatic hydroxyl groups is 2. The molecule has 0 heterocycles. The van der Waals surface area contributed by atoms with E-state index in [4.69, 9.17) is 4.74 Å². The lowest BCUT2D eigenvalue weighted by Crippen LogP contribution is -2.45. The van der Waals surface area contributed by atoms with Gasteiger partial charge in [-0.25, -0.2) is 0 Å². The first-order valence-corrected chi connectivity index (χ1v) is 44.4. The maximum absolute atomic E-state index is 12.6. The van der Waals surface area contributed by atoms with Gasteiger partial charge in [0.25, 0.3) is 0 Å². The number of unbranched alkanes of at least 4 members (excludes halogenated alkanes) is 72. The summed E-state index contributed by atoms with van der Waals surface area (Å²) in [6.45, 7) is 5.03. The Bertz CT molecular complexity index is 1450. The molecular weight excluding hydrogens is 1160 g/mol. The molecule has 1 amide bonds. The van der Waals surface area contributed by atoms with Crippen LogP contribution >= 0.6 is 0 Å². The van der Waals surface area contributed by atoms with Crippen LogP contribution in [0.5, 0.6) is 0 Å². The average Bonchev–Trinajstić information content (AvgIpc) is 3.62. The highest BCUT2D eigenvalue weighted by molar-refractivity contribution is 5.76. The second-order valence-corrected chi connectivity index (χ2v) is 30.9. The Morgan fingerprint density at radius 3 is 0.747 bits per heavy atom. The third-order valence-corrected chi connectivity index (χ3v) is 21.3. The zero-order valence-corrected chi connectivity index (χ0v) is 65.2. The molecule has 0 rings (SSSR count). The second kappa shape index (κ2) is 85.0. The average molecular weight is 1340 g/mol. The van der Waals surface area contributed by atoms with Crippen molar-refractivity contribution in [3.8, 4) is 0 Å². The summed E-state index contributed by atoms with van der Waals surface area (Å²) in [5, 5.41) is 23.5. The summed E-state index contributed by atoms with van der Waals surface area (Å²) in [6.07, 6.45) is 109. The number of esters is 1. The third-order valence-electron chi connectivity index (χ3n) is 21.3. The number of rotatable bonds is 85. The maximum atomic E-state index is 12.6. The molecule has 2 atom stereocenters. The van der Waals surface area contributed by atoms with E-state index in [9.17, 15) is 19.8 Å². The summed E-state index contributed by atoms with van der Waals surface area (Å²) in [6, 6.07) is -0.539. The standard InChI is InChI=1S/C89H175NO5/c1-3-5-7-9-11-13-15-17-19-21-23-43-46-49-53-57-61-65-69-73-77-81-87(92)86(85-91)90-88(93)82-78-74-70-66-62-58-54-50-47-44-41-39-37-35-33-31-29-27-25-24-26-28-30-32-34-36-38-40-42-45-48-52-56-60-64-68-72-76-80-84-95-89(94)83-79-75-71-67-63-59-55-51-22-20-18-16-14-12-10-8-6-4-2/h24-25,86-87,91-92H,3-23,26-85H2,1-2H3,(H,90,93)/b25-24-. The van der Waals surface area contributed by atoms with E-state index in [2.05, 4.69) is 31.3 Å².